The van der Waals surface area contributed by atoms with Crippen molar-refractivity contribution < 1.29 is 18.8 Å². The van der Waals surface area contributed by atoms with E-state index in [0.717, 1.165) is 12.8 Å². The van der Waals surface area contributed by atoms with E-state index in [2.05, 4.69) is 121 Å². The van der Waals surface area contributed by atoms with Gasteiger partial charge in [0.25, 0.3) is 0 Å². The van der Waals surface area contributed by atoms with Gasteiger partial charge in [-0.3, -0.25) is 4.79 Å². The first-order chi connectivity index (χ1) is 17.9. The van der Waals surface area contributed by atoms with Gasteiger partial charge < -0.3 is 14.0 Å². The molecule has 0 saturated heterocycles. The van der Waals surface area contributed by atoms with Crippen molar-refractivity contribution in [2.24, 2.45) is 29.6 Å². The molecule has 4 nitrogen and oxygen atoms in total. The lowest BCUT2D eigenvalue weighted by Crippen LogP contribution is -2.48. The van der Waals surface area contributed by atoms with E-state index >= 15 is 0 Å². The Morgan fingerprint density at radius 2 is 1.30 bits per heavy atom. The SMILES string of the molecule is C=CC=C[C@@H](C)C[C@@H](C)[C@@H](O[Si](C)(C)C(C)(C)C)[C@@H](C)CC(C)=C[C@H](C)[C@@H](O[Si](C)(C)C(C)(C)C)[C@@H](C)C(=O)O. The highest BCUT2D eigenvalue weighted by Gasteiger charge is 2.43. The Morgan fingerprint density at radius 1 is 0.850 bits per heavy atom. The summed E-state index contributed by atoms with van der Waals surface area (Å²) in [6.45, 7) is 39.5. The Kier molecular flexibility index (Phi) is 15.1. The third-order valence-corrected chi connectivity index (χ3v) is 18.5. The minimum absolute atomic E-state index is 0.00586. The number of hydrogen-bond acceptors (Lipinski definition) is 3. The molecule has 0 fully saturated rings. The van der Waals surface area contributed by atoms with E-state index in [1.807, 2.05) is 12.2 Å². The maximum atomic E-state index is 12.1. The molecule has 0 aliphatic rings. The molecule has 0 aromatic heterocycles. The summed E-state index contributed by atoms with van der Waals surface area (Å²) >= 11 is 0. The normalized spacial score (nSPS) is 19.6. The van der Waals surface area contributed by atoms with Crippen LogP contribution in [0.4, 0.5) is 0 Å². The quantitative estimate of drug-likeness (QED) is 0.110. The van der Waals surface area contributed by atoms with Crippen molar-refractivity contribution in [2.45, 2.75) is 144 Å². The maximum Gasteiger partial charge on any atom is 0.308 e. The van der Waals surface area contributed by atoms with E-state index in [0.29, 0.717) is 17.8 Å². The lowest BCUT2D eigenvalue weighted by atomic mass is 9.83. The molecule has 7 atom stereocenters. The Hall–Kier alpha value is -0.956. The van der Waals surface area contributed by atoms with Crippen molar-refractivity contribution in [3.8, 4) is 0 Å². The fourth-order valence-corrected chi connectivity index (χ4v) is 7.89. The van der Waals surface area contributed by atoms with Gasteiger partial charge in [0.15, 0.2) is 16.6 Å². The van der Waals surface area contributed by atoms with Crippen LogP contribution in [0.1, 0.15) is 95.9 Å². The average Bonchev–Trinajstić information content (AvgIpc) is 2.77. The standard InChI is InChI=1S/C34H66O4Si2/c1-18-19-20-24(2)21-26(4)30(37-39(14,15)33(8,9)10)27(5)22-25(3)23-28(6)31(29(7)32(35)36)38-40(16,17)34(11,12)13/h18-20,23-24,26-31H,1,21-22H2,2-17H3,(H,35,36)/t24-,26-,27+,28+,29-,30-,31-/m1/s1. The summed E-state index contributed by atoms with van der Waals surface area (Å²) in [6, 6.07) is 0. The molecule has 1 N–H and O–H groups in total. The molecule has 0 aromatic rings. The van der Waals surface area contributed by atoms with Crippen molar-refractivity contribution in [3.05, 3.63) is 36.5 Å². The zero-order valence-electron chi connectivity index (χ0n) is 29.1. The van der Waals surface area contributed by atoms with Crippen LogP contribution in [0.5, 0.6) is 0 Å². The number of hydrogen-bond donors (Lipinski definition) is 1. The summed E-state index contributed by atoms with van der Waals surface area (Å²) in [4.78, 5) is 12.1. The summed E-state index contributed by atoms with van der Waals surface area (Å²) in [6.07, 6.45) is 10.1. The molecule has 0 saturated carbocycles. The molecule has 0 spiro atoms. The highest BCUT2D eigenvalue weighted by atomic mass is 28.4. The first-order valence-electron chi connectivity index (χ1n) is 15.4. The minimum Gasteiger partial charge on any atom is -0.481 e. The van der Waals surface area contributed by atoms with Gasteiger partial charge in [-0.15, -0.1) is 0 Å². The van der Waals surface area contributed by atoms with Gasteiger partial charge in [0.05, 0.1) is 18.1 Å². The summed E-state index contributed by atoms with van der Waals surface area (Å²) < 4.78 is 13.9. The first kappa shape index (κ1) is 39.0. The molecule has 0 bridgehead atoms. The fraction of sp³-hybridized carbons (Fsp3) is 0.794. The van der Waals surface area contributed by atoms with Gasteiger partial charge >= 0.3 is 5.97 Å². The summed E-state index contributed by atoms with van der Waals surface area (Å²) in [5.74, 6) is -0.196. The zero-order chi connectivity index (χ0) is 31.9. The van der Waals surface area contributed by atoms with Gasteiger partial charge in [-0.2, -0.15) is 0 Å². The fourth-order valence-electron chi connectivity index (χ4n) is 4.94. The Labute approximate surface area is 251 Å². The highest BCUT2D eigenvalue weighted by Crippen LogP contribution is 2.42. The predicted molar refractivity (Wildman–Crippen MR) is 180 cm³/mol. The number of carboxylic acids is 1. The summed E-state index contributed by atoms with van der Waals surface area (Å²) in [7, 11) is -4.12. The molecule has 0 rings (SSSR count). The molecular formula is C34H66O4Si2. The van der Waals surface area contributed by atoms with Crippen LogP contribution in [-0.2, 0) is 13.6 Å². The number of carbonyl (C=O) groups is 1. The number of carboxylic acid groups (broad SMARTS) is 1. The molecule has 0 radical (unpaired) electrons. The Balaban J connectivity index is 6.12. The molecule has 234 valence electrons. The van der Waals surface area contributed by atoms with E-state index < -0.39 is 28.5 Å². The van der Waals surface area contributed by atoms with E-state index in [4.69, 9.17) is 8.85 Å². The van der Waals surface area contributed by atoms with Gasteiger partial charge in [0.1, 0.15) is 0 Å². The van der Waals surface area contributed by atoms with Crippen molar-refractivity contribution in [2.75, 3.05) is 0 Å². The summed E-state index contributed by atoms with van der Waals surface area (Å²) in [5, 5.41) is 10.1. The van der Waals surface area contributed by atoms with Gasteiger partial charge in [-0.05, 0) is 80.7 Å². The molecule has 0 aliphatic heterocycles. The first-order valence-corrected chi connectivity index (χ1v) is 21.2. The molecule has 6 heteroatoms. The monoisotopic (exact) mass is 594 g/mol. The Morgan fingerprint density at radius 3 is 1.70 bits per heavy atom. The molecule has 0 aromatic carbocycles. The van der Waals surface area contributed by atoms with Crippen LogP contribution in [-0.4, -0.2) is 39.9 Å². The van der Waals surface area contributed by atoms with E-state index in [9.17, 15) is 9.90 Å². The number of aliphatic carboxylic acids is 1. The highest BCUT2D eigenvalue weighted by molar-refractivity contribution is 6.74. The van der Waals surface area contributed by atoms with Gasteiger partial charge in [0, 0.05) is 5.92 Å². The van der Waals surface area contributed by atoms with Crippen molar-refractivity contribution in [3.63, 3.8) is 0 Å². The molecule has 0 heterocycles. The molecule has 0 amide bonds. The smallest absolute Gasteiger partial charge is 0.308 e. The number of rotatable bonds is 16. The zero-order valence-corrected chi connectivity index (χ0v) is 31.1. The molecule has 0 unspecified atom stereocenters. The van der Waals surface area contributed by atoms with Crippen LogP contribution in [0.3, 0.4) is 0 Å². The Bertz CT molecular complexity index is 860. The molecule has 0 aliphatic carbocycles. The van der Waals surface area contributed by atoms with Crippen molar-refractivity contribution >= 4 is 22.6 Å². The van der Waals surface area contributed by atoms with Crippen LogP contribution < -0.4 is 0 Å². The third kappa shape index (κ3) is 12.1. The van der Waals surface area contributed by atoms with Crippen LogP contribution in [0.25, 0.3) is 0 Å². The average molecular weight is 595 g/mol. The minimum atomic E-state index is -2.15. The maximum absolute atomic E-state index is 12.1. The van der Waals surface area contributed by atoms with Crippen LogP contribution in [0.2, 0.25) is 36.3 Å². The number of allylic oxidation sites excluding steroid dienone is 4. The van der Waals surface area contributed by atoms with Crippen LogP contribution in [0, 0.1) is 29.6 Å². The van der Waals surface area contributed by atoms with E-state index in [1.54, 1.807) is 6.92 Å². The second-order valence-corrected chi connectivity index (χ2v) is 25.2. The van der Waals surface area contributed by atoms with Gasteiger partial charge in [-0.1, -0.05) is 106 Å². The second kappa shape index (κ2) is 15.5. The topological polar surface area (TPSA) is 55.8 Å². The van der Waals surface area contributed by atoms with E-state index in [-0.39, 0.29) is 28.2 Å². The molecule has 40 heavy (non-hydrogen) atoms. The van der Waals surface area contributed by atoms with Crippen molar-refractivity contribution in [1.29, 1.82) is 0 Å². The van der Waals surface area contributed by atoms with Crippen LogP contribution in [0.15, 0.2) is 36.5 Å². The lowest BCUT2D eigenvalue weighted by Gasteiger charge is -2.43. The van der Waals surface area contributed by atoms with Crippen molar-refractivity contribution in [1.82, 2.24) is 0 Å². The lowest BCUT2D eigenvalue weighted by molar-refractivity contribution is -0.145. The van der Waals surface area contributed by atoms with Gasteiger partial charge in [0.2, 0.25) is 0 Å². The second-order valence-electron chi connectivity index (χ2n) is 15.7. The van der Waals surface area contributed by atoms with Gasteiger partial charge in [-0.25, -0.2) is 0 Å². The summed E-state index contributed by atoms with van der Waals surface area (Å²) in [5.41, 5.74) is 1.28. The van der Waals surface area contributed by atoms with E-state index in [1.165, 1.54) is 5.57 Å². The largest absolute Gasteiger partial charge is 0.481 e. The third-order valence-electron chi connectivity index (χ3n) is 9.51. The predicted octanol–water partition coefficient (Wildman–Crippen LogP) is 10.5. The van der Waals surface area contributed by atoms with Crippen LogP contribution >= 0.6 is 0 Å². The molecular weight excluding hydrogens is 529 g/mol.